The highest BCUT2D eigenvalue weighted by molar-refractivity contribution is 9.10. The normalized spacial score (nSPS) is 15.2. The molecule has 1 nitrogen and oxygen atoms in total. The molecule has 0 saturated carbocycles. The second kappa shape index (κ2) is 7.86. The smallest absolute Gasteiger partial charge is 0.221 e. The summed E-state index contributed by atoms with van der Waals surface area (Å²) in [7, 11) is 0. The summed E-state index contributed by atoms with van der Waals surface area (Å²) >= 11 is 2.34. The third-order valence-corrected chi connectivity index (χ3v) is 4.79. The molecule has 1 radical (unpaired) electrons. The lowest BCUT2D eigenvalue weighted by molar-refractivity contribution is -0.389. The molecule has 0 heterocycles. The Labute approximate surface area is 179 Å². The SMILES string of the molecule is N#Cc1ccccc1-c1c(Br)[c]c(C(F)(F)F)cc1C(F)(C(F)(F)F)C(F)(F)C(F)(F)F. The Balaban J connectivity index is 3.18. The molecular formula is C18H5BrF12N. The van der Waals surface area contributed by atoms with Gasteiger partial charge >= 0.3 is 30.1 Å². The Bertz CT molecular complexity index is 1060. The molecule has 0 spiro atoms. The second-order valence-corrected chi connectivity index (χ2v) is 6.96. The number of nitrogens with zero attached hydrogens (tertiary/aromatic N) is 1. The van der Waals surface area contributed by atoms with Crippen molar-refractivity contribution in [1.29, 1.82) is 5.26 Å². The predicted molar refractivity (Wildman–Crippen MR) is 88.0 cm³/mol. The van der Waals surface area contributed by atoms with Gasteiger partial charge in [0.25, 0.3) is 0 Å². The first-order valence-corrected chi connectivity index (χ1v) is 8.63. The zero-order valence-electron chi connectivity index (χ0n) is 14.7. The van der Waals surface area contributed by atoms with Crippen LogP contribution in [0.5, 0.6) is 0 Å². The topological polar surface area (TPSA) is 23.8 Å². The van der Waals surface area contributed by atoms with E-state index in [0.717, 1.165) is 24.3 Å². The van der Waals surface area contributed by atoms with Gasteiger partial charge in [-0.1, -0.05) is 18.2 Å². The molecule has 0 saturated heterocycles. The van der Waals surface area contributed by atoms with Crippen LogP contribution in [-0.4, -0.2) is 18.3 Å². The first-order valence-electron chi connectivity index (χ1n) is 7.84. The van der Waals surface area contributed by atoms with Crippen LogP contribution in [-0.2, 0) is 11.8 Å². The Hall–Kier alpha value is -2.43. The van der Waals surface area contributed by atoms with E-state index in [1.54, 1.807) is 0 Å². The van der Waals surface area contributed by atoms with Crippen molar-refractivity contribution in [2.45, 2.75) is 30.1 Å². The van der Waals surface area contributed by atoms with Crippen LogP contribution in [0.25, 0.3) is 11.1 Å². The van der Waals surface area contributed by atoms with Gasteiger partial charge in [0, 0.05) is 27.2 Å². The van der Waals surface area contributed by atoms with Gasteiger partial charge < -0.3 is 0 Å². The molecule has 173 valence electrons. The van der Waals surface area contributed by atoms with Crippen molar-refractivity contribution < 1.29 is 52.7 Å². The van der Waals surface area contributed by atoms with Gasteiger partial charge in [0.1, 0.15) is 0 Å². The zero-order chi connectivity index (χ0) is 24.9. The quantitative estimate of drug-likeness (QED) is 0.364. The van der Waals surface area contributed by atoms with E-state index in [1.165, 1.54) is 12.1 Å². The standard InChI is InChI=1S/C18H5BrF12N/c19-12-6-9(15(21,22)23)5-11(13(12)10-4-2-1-3-8(10)7-32)14(20,17(26,27)28)16(24,25)18(29,30)31/h1-5H. The van der Waals surface area contributed by atoms with Crippen LogP contribution in [0.1, 0.15) is 16.7 Å². The molecule has 0 fully saturated rings. The molecule has 0 aliphatic carbocycles. The third-order valence-electron chi connectivity index (χ3n) is 4.19. The van der Waals surface area contributed by atoms with Gasteiger partial charge in [0.05, 0.1) is 17.2 Å². The molecule has 2 rings (SSSR count). The minimum atomic E-state index is -7.22. The maximum absolute atomic E-state index is 15.2. The largest absolute Gasteiger partial charge is 0.457 e. The van der Waals surface area contributed by atoms with Crippen molar-refractivity contribution in [2.75, 3.05) is 0 Å². The van der Waals surface area contributed by atoms with Crippen molar-refractivity contribution in [1.82, 2.24) is 0 Å². The number of halogens is 13. The van der Waals surface area contributed by atoms with Gasteiger partial charge in [0.2, 0.25) is 0 Å². The van der Waals surface area contributed by atoms with E-state index in [9.17, 15) is 48.3 Å². The summed E-state index contributed by atoms with van der Waals surface area (Å²) in [6.07, 6.45) is -19.8. The maximum Gasteiger partial charge on any atom is 0.457 e. The number of nitriles is 1. The molecule has 1 unspecified atom stereocenters. The minimum Gasteiger partial charge on any atom is -0.221 e. The monoisotopic (exact) mass is 542 g/mol. The van der Waals surface area contributed by atoms with Crippen molar-refractivity contribution in [2.24, 2.45) is 0 Å². The number of hydrogen-bond acceptors (Lipinski definition) is 1. The summed E-state index contributed by atoms with van der Waals surface area (Å²) in [6.45, 7) is 0. The lowest BCUT2D eigenvalue weighted by Crippen LogP contribution is -2.60. The molecule has 14 heteroatoms. The van der Waals surface area contributed by atoms with Gasteiger partial charge in [-0.3, -0.25) is 0 Å². The van der Waals surface area contributed by atoms with Gasteiger partial charge in [-0.25, -0.2) is 4.39 Å². The highest BCUT2D eigenvalue weighted by Crippen LogP contribution is 2.60. The van der Waals surface area contributed by atoms with Crippen LogP contribution in [0.15, 0.2) is 34.8 Å². The average Bonchev–Trinajstić information content (AvgIpc) is 2.64. The van der Waals surface area contributed by atoms with Gasteiger partial charge in [-0.15, -0.1) is 0 Å². The van der Waals surface area contributed by atoms with Crippen LogP contribution < -0.4 is 0 Å². The number of rotatable bonds is 3. The molecule has 2 aromatic carbocycles. The molecule has 0 bridgehead atoms. The molecular weight excluding hydrogens is 538 g/mol. The Morgan fingerprint density at radius 3 is 1.78 bits per heavy atom. The maximum atomic E-state index is 15.2. The highest BCUT2D eigenvalue weighted by atomic mass is 79.9. The van der Waals surface area contributed by atoms with E-state index in [1.807, 2.05) is 0 Å². The van der Waals surface area contributed by atoms with Crippen LogP contribution in [0.4, 0.5) is 52.7 Å². The van der Waals surface area contributed by atoms with Crippen molar-refractivity contribution >= 4 is 15.9 Å². The first kappa shape index (κ1) is 25.8. The zero-order valence-corrected chi connectivity index (χ0v) is 16.3. The fourth-order valence-electron chi connectivity index (χ4n) is 2.73. The van der Waals surface area contributed by atoms with E-state index < -0.39 is 68.5 Å². The first-order chi connectivity index (χ1) is 14.3. The van der Waals surface area contributed by atoms with Gasteiger partial charge in [0.15, 0.2) is 0 Å². The summed E-state index contributed by atoms with van der Waals surface area (Å²) < 4.78 is 161. The van der Waals surface area contributed by atoms with Crippen LogP contribution >= 0.6 is 15.9 Å². The fourth-order valence-corrected chi connectivity index (χ4v) is 3.37. The van der Waals surface area contributed by atoms with E-state index in [0.29, 0.717) is 0 Å². The molecule has 32 heavy (non-hydrogen) atoms. The molecule has 1 atom stereocenters. The summed E-state index contributed by atoms with van der Waals surface area (Å²) in [4.78, 5) is 0. The average molecular weight is 543 g/mol. The van der Waals surface area contributed by atoms with Crippen LogP contribution in [0, 0.1) is 17.4 Å². The van der Waals surface area contributed by atoms with Gasteiger partial charge in [-0.2, -0.15) is 53.6 Å². The van der Waals surface area contributed by atoms with Crippen molar-refractivity contribution in [3.63, 3.8) is 0 Å². The number of hydrogen-bond donors (Lipinski definition) is 0. The summed E-state index contributed by atoms with van der Waals surface area (Å²) in [5.41, 5.74) is -14.6. The molecule has 0 amide bonds. The lowest BCUT2D eigenvalue weighted by Gasteiger charge is -2.37. The van der Waals surface area contributed by atoms with E-state index in [-0.39, 0.29) is 0 Å². The predicted octanol–water partition coefficient (Wildman–Crippen LogP) is 7.73. The molecule has 0 aliphatic rings. The van der Waals surface area contributed by atoms with Gasteiger partial charge in [-0.05, 0) is 28.1 Å². The second-order valence-electron chi connectivity index (χ2n) is 6.17. The highest BCUT2D eigenvalue weighted by Gasteiger charge is 2.82. The van der Waals surface area contributed by atoms with E-state index in [2.05, 4.69) is 15.9 Å². The minimum absolute atomic E-state index is 0.651. The third kappa shape index (κ3) is 4.02. The van der Waals surface area contributed by atoms with Crippen LogP contribution in [0.2, 0.25) is 0 Å². The molecule has 2 aromatic rings. The summed E-state index contributed by atoms with van der Waals surface area (Å²) in [6, 6.07) is 5.69. The summed E-state index contributed by atoms with van der Waals surface area (Å²) in [5, 5.41) is 9.10. The number of benzene rings is 2. The molecule has 0 aliphatic heterocycles. The van der Waals surface area contributed by atoms with E-state index >= 15 is 4.39 Å². The van der Waals surface area contributed by atoms with Crippen molar-refractivity contribution in [3.05, 3.63) is 57.6 Å². The van der Waals surface area contributed by atoms with Crippen molar-refractivity contribution in [3.8, 4) is 17.2 Å². The fraction of sp³-hybridized carbons (Fsp3) is 0.278. The Morgan fingerprint density at radius 1 is 0.812 bits per heavy atom. The Morgan fingerprint density at radius 2 is 1.34 bits per heavy atom. The molecule has 0 aromatic heterocycles. The van der Waals surface area contributed by atoms with E-state index in [4.69, 9.17) is 5.26 Å². The van der Waals surface area contributed by atoms with Crippen LogP contribution in [0.3, 0.4) is 0 Å². The summed E-state index contributed by atoms with van der Waals surface area (Å²) in [5.74, 6) is -7.22. The lowest BCUT2D eigenvalue weighted by atomic mass is 9.81. The Kier molecular flexibility index (Phi) is 6.34. The number of alkyl halides is 12. The molecule has 0 N–H and O–H groups in total.